The summed E-state index contributed by atoms with van der Waals surface area (Å²) in [5.74, 6) is -0.154. The van der Waals surface area contributed by atoms with Crippen molar-refractivity contribution in [3.63, 3.8) is 0 Å². The number of nitrogens with zero attached hydrogens (tertiary/aromatic N) is 3. The summed E-state index contributed by atoms with van der Waals surface area (Å²) in [6, 6.07) is 20.1. The van der Waals surface area contributed by atoms with Crippen molar-refractivity contribution in [2.45, 2.75) is 19.3 Å². The third-order valence-electron chi connectivity index (χ3n) is 6.12. The van der Waals surface area contributed by atoms with Gasteiger partial charge in [-0.25, -0.2) is 14.2 Å². The fraction of sp³-hybridized carbons (Fsp3) is 0.172. The number of halogens is 1. The fourth-order valence-electron chi connectivity index (χ4n) is 4.21. The average molecular weight is 512 g/mol. The maximum atomic E-state index is 15.0. The van der Waals surface area contributed by atoms with Crippen LogP contribution in [0, 0.1) is 5.82 Å². The number of hydrogen-bond donors (Lipinski definition) is 2. The lowest BCUT2D eigenvalue weighted by Crippen LogP contribution is -2.32. The highest BCUT2D eigenvalue weighted by Gasteiger charge is 2.19. The van der Waals surface area contributed by atoms with E-state index in [1.165, 1.54) is 18.3 Å². The summed E-state index contributed by atoms with van der Waals surface area (Å²) in [5, 5.41) is 5.61. The second-order valence-corrected chi connectivity index (χ2v) is 8.86. The molecule has 1 aliphatic heterocycles. The van der Waals surface area contributed by atoms with Crippen LogP contribution in [-0.4, -0.2) is 39.9 Å². The fourth-order valence-corrected chi connectivity index (χ4v) is 4.21. The van der Waals surface area contributed by atoms with Crippen molar-refractivity contribution >= 4 is 23.4 Å². The molecular weight excluding hydrogens is 485 g/mol. The minimum atomic E-state index is -0.562. The lowest BCUT2D eigenvalue weighted by atomic mass is 10.0. The monoisotopic (exact) mass is 511 g/mol. The van der Waals surface area contributed by atoms with Gasteiger partial charge in [-0.15, -0.1) is 0 Å². The zero-order chi connectivity index (χ0) is 26.3. The van der Waals surface area contributed by atoms with Gasteiger partial charge >= 0.3 is 6.03 Å². The van der Waals surface area contributed by atoms with E-state index in [1.807, 2.05) is 18.2 Å². The molecule has 0 atom stereocenters. The summed E-state index contributed by atoms with van der Waals surface area (Å²) in [5.41, 5.74) is 2.25. The maximum Gasteiger partial charge on any atom is 0.323 e. The minimum Gasteiger partial charge on any atom is -0.454 e. The summed E-state index contributed by atoms with van der Waals surface area (Å²) >= 11 is 0. The van der Waals surface area contributed by atoms with Crippen LogP contribution in [0.2, 0.25) is 0 Å². The van der Waals surface area contributed by atoms with Crippen molar-refractivity contribution in [2.24, 2.45) is 0 Å². The smallest absolute Gasteiger partial charge is 0.323 e. The van der Waals surface area contributed by atoms with E-state index < -0.39 is 5.82 Å². The SMILES string of the molecule is O=C(Nc1ccccc1)c1cccnc1Cc1ccc(Oc2ccnc(NC(=O)N3CCCC3)c2)c(F)c1. The summed E-state index contributed by atoms with van der Waals surface area (Å²) in [4.78, 5) is 35.4. The van der Waals surface area contributed by atoms with Crippen molar-refractivity contribution in [1.82, 2.24) is 14.9 Å². The van der Waals surface area contributed by atoms with E-state index in [0.717, 1.165) is 25.9 Å². The Balaban J connectivity index is 1.26. The van der Waals surface area contributed by atoms with Gasteiger partial charge in [-0.2, -0.15) is 0 Å². The third-order valence-corrected chi connectivity index (χ3v) is 6.12. The van der Waals surface area contributed by atoms with E-state index in [4.69, 9.17) is 4.74 Å². The molecule has 3 amide bonds. The normalized spacial score (nSPS) is 12.7. The highest BCUT2D eigenvalue weighted by atomic mass is 19.1. The van der Waals surface area contributed by atoms with Gasteiger partial charge in [-0.1, -0.05) is 24.3 Å². The van der Waals surface area contributed by atoms with Gasteiger partial charge in [-0.05, 0) is 60.9 Å². The first kappa shape index (κ1) is 24.9. The van der Waals surface area contributed by atoms with Crippen molar-refractivity contribution < 1.29 is 18.7 Å². The van der Waals surface area contributed by atoms with Crippen molar-refractivity contribution in [3.8, 4) is 11.5 Å². The molecule has 2 aromatic carbocycles. The second-order valence-electron chi connectivity index (χ2n) is 8.86. The van der Waals surface area contributed by atoms with E-state index in [1.54, 1.807) is 53.6 Å². The molecular formula is C29H26FN5O3. The lowest BCUT2D eigenvalue weighted by Gasteiger charge is -2.16. The zero-order valence-electron chi connectivity index (χ0n) is 20.6. The molecule has 1 aliphatic rings. The topological polar surface area (TPSA) is 96.5 Å². The van der Waals surface area contributed by atoms with E-state index in [0.29, 0.717) is 34.1 Å². The Bertz CT molecular complexity index is 1440. The number of carbonyl (C=O) groups excluding carboxylic acids is 2. The zero-order valence-corrected chi connectivity index (χ0v) is 20.6. The molecule has 8 nitrogen and oxygen atoms in total. The number of para-hydroxylation sites is 1. The van der Waals surface area contributed by atoms with Crippen molar-refractivity contribution in [2.75, 3.05) is 23.7 Å². The number of urea groups is 1. The Morgan fingerprint density at radius 2 is 1.71 bits per heavy atom. The molecule has 0 radical (unpaired) electrons. The van der Waals surface area contributed by atoms with Crippen LogP contribution in [0.15, 0.2) is 85.2 Å². The minimum absolute atomic E-state index is 0.0276. The van der Waals surface area contributed by atoms with Crippen LogP contribution in [0.5, 0.6) is 11.5 Å². The molecule has 0 unspecified atom stereocenters. The van der Waals surface area contributed by atoms with E-state index in [-0.39, 0.29) is 24.1 Å². The number of pyridine rings is 2. The number of benzene rings is 2. The standard InChI is InChI=1S/C29H26FN5O3/c30-24-17-20(18-25-23(9-6-13-31-25)28(36)33-21-7-2-1-3-8-21)10-11-26(24)38-22-12-14-32-27(19-22)34-29(37)35-15-4-5-16-35/h1-3,6-14,17,19H,4-5,15-16,18H2,(H,33,36)(H,32,34,37). The molecule has 38 heavy (non-hydrogen) atoms. The number of rotatable bonds is 7. The number of likely N-dealkylation sites (tertiary alicyclic amines) is 1. The van der Waals surface area contributed by atoms with Crippen LogP contribution in [0.4, 0.5) is 20.7 Å². The molecule has 0 aliphatic carbocycles. The van der Waals surface area contributed by atoms with Gasteiger partial charge in [0, 0.05) is 43.7 Å². The van der Waals surface area contributed by atoms with E-state index in [9.17, 15) is 14.0 Å². The molecule has 0 saturated carbocycles. The molecule has 9 heteroatoms. The third kappa shape index (κ3) is 6.12. The molecule has 3 heterocycles. The van der Waals surface area contributed by atoms with Gasteiger partial charge in [0.25, 0.3) is 5.91 Å². The average Bonchev–Trinajstić information content (AvgIpc) is 3.47. The predicted molar refractivity (Wildman–Crippen MR) is 142 cm³/mol. The predicted octanol–water partition coefficient (Wildman–Crippen LogP) is 5.88. The number of nitrogens with one attached hydrogen (secondary N) is 2. The first-order valence-electron chi connectivity index (χ1n) is 12.3. The Hall–Kier alpha value is -4.79. The summed E-state index contributed by atoms with van der Waals surface area (Å²) < 4.78 is 20.7. The van der Waals surface area contributed by atoms with Crippen LogP contribution in [-0.2, 0) is 6.42 Å². The number of amides is 3. The lowest BCUT2D eigenvalue weighted by molar-refractivity contribution is 0.102. The van der Waals surface area contributed by atoms with E-state index in [2.05, 4.69) is 20.6 Å². The second kappa shape index (κ2) is 11.5. The Kier molecular flexibility index (Phi) is 7.54. The van der Waals surface area contributed by atoms with Gasteiger partial charge in [0.1, 0.15) is 11.6 Å². The highest BCUT2D eigenvalue weighted by molar-refractivity contribution is 6.05. The molecule has 4 aromatic rings. The number of hydrogen-bond acceptors (Lipinski definition) is 5. The van der Waals surface area contributed by atoms with Crippen LogP contribution in [0.1, 0.15) is 34.5 Å². The quantitative estimate of drug-likeness (QED) is 0.323. The molecule has 5 rings (SSSR count). The summed E-state index contributed by atoms with van der Waals surface area (Å²) in [6.45, 7) is 1.44. The molecule has 2 N–H and O–H groups in total. The maximum absolute atomic E-state index is 15.0. The molecule has 2 aromatic heterocycles. The molecule has 192 valence electrons. The van der Waals surface area contributed by atoms with Crippen molar-refractivity contribution in [3.05, 3.63) is 108 Å². The molecule has 1 saturated heterocycles. The van der Waals surface area contributed by atoms with Crippen molar-refractivity contribution in [1.29, 1.82) is 0 Å². The van der Waals surface area contributed by atoms with Gasteiger partial charge < -0.3 is 15.0 Å². The Morgan fingerprint density at radius 3 is 2.50 bits per heavy atom. The molecule has 0 spiro atoms. The number of anilines is 2. The molecule has 1 fully saturated rings. The summed E-state index contributed by atoms with van der Waals surface area (Å²) in [7, 11) is 0. The molecule has 0 bridgehead atoms. The Morgan fingerprint density at radius 1 is 0.895 bits per heavy atom. The van der Waals surface area contributed by atoms with Gasteiger partial charge in [-0.3, -0.25) is 15.1 Å². The Labute approximate surface area is 219 Å². The van der Waals surface area contributed by atoms with Gasteiger partial charge in [0.05, 0.1) is 11.3 Å². The van der Waals surface area contributed by atoms with E-state index >= 15 is 0 Å². The summed E-state index contributed by atoms with van der Waals surface area (Å²) in [6.07, 6.45) is 5.33. The van der Waals surface area contributed by atoms with Crippen LogP contribution < -0.4 is 15.4 Å². The van der Waals surface area contributed by atoms with Crippen LogP contribution >= 0.6 is 0 Å². The van der Waals surface area contributed by atoms with Crippen LogP contribution in [0.3, 0.4) is 0 Å². The van der Waals surface area contributed by atoms with Gasteiger partial charge in [0.15, 0.2) is 11.6 Å². The number of aromatic nitrogens is 2. The van der Waals surface area contributed by atoms with Crippen LogP contribution in [0.25, 0.3) is 0 Å². The largest absolute Gasteiger partial charge is 0.454 e. The number of ether oxygens (including phenoxy) is 1. The first-order valence-corrected chi connectivity index (χ1v) is 12.3. The van der Waals surface area contributed by atoms with Gasteiger partial charge in [0.2, 0.25) is 0 Å². The number of carbonyl (C=O) groups is 2. The first-order chi connectivity index (χ1) is 18.5. The highest BCUT2D eigenvalue weighted by Crippen LogP contribution is 2.27.